The van der Waals surface area contributed by atoms with E-state index >= 15 is 0 Å². The van der Waals surface area contributed by atoms with Gasteiger partial charge in [0.25, 0.3) is 0 Å². The second-order valence-electron chi connectivity index (χ2n) is 6.63. The topological polar surface area (TPSA) is 16.4 Å². The van der Waals surface area contributed by atoms with Crippen LogP contribution in [0.15, 0.2) is 59.0 Å². The quantitative estimate of drug-likeness (QED) is 0.433. The van der Waals surface area contributed by atoms with Crippen molar-refractivity contribution in [2.24, 2.45) is 0 Å². The van der Waals surface area contributed by atoms with E-state index in [1.807, 2.05) is 0 Å². The van der Waals surface area contributed by atoms with Gasteiger partial charge in [-0.3, -0.25) is 0 Å². The van der Waals surface area contributed by atoms with Crippen molar-refractivity contribution >= 4 is 33.3 Å². The van der Waals surface area contributed by atoms with Gasteiger partial charge in [-0.15, -0.1) is 0 Å². The Morgan fingerprint density at radius 3 is 2.08 bits per heavy atom. The molecule has 0 amide bonds. The minimum atomic E-state index is 0.938. The molecule has 1 heterocycles. The Morgan fingerprint density at radius 1 is 0.708 bits per heavy atom. The molecule has 3 aromatic carbocycles. The molecule has 0 atom stereocenters. The zero-order valence-corrected chi connectivity index (χ0v) is 14.6. The molecule has 2 heteroatoms. The van der Waals surface area contributed by atoms with Gasteiger partial charge in [0, 0.05) is 29.2 Å². The Bertz CT molecular complexity index is 1060. The van der Waals surface area contributed by atoms with E-state index in [2.05, 4.69) is 87.3 Å². The molecule has 4 aromatic rings. The fourth-order valence-corrected chi connectivity index (χ4v) is 3.41. The summed E-state index contributed by atoms with van der Waals surface area (Å²) in [6.45, 7) is 6.40. The average molecular weight is 315 g/mol. The van der Waals surface area contributed by atoms with E-state index < -0.39 is 0 Å². The van der Waals surface area contributed by atoms with Crippen molar-refractivity contribution in [1.82, 2.24) is 0 Å². The van der Waals surface area contributed by atoms with Gasteiger partial charge >= 0.3 is 0 Å². The van der Waals surface area contributed by atoms with Crippen molar-refractivity contribution in [3.05, 3.63) is 71.3 Å². The molecule has 2 nitrogen and oxygen atoms in total. The zero-order valence-electron chi connectivity index (χ0n) is 14.6. The molecular formula is C22H21NO. The average Bonchev–Trinajstić information content (AvgIpc) is 2.91. The molecule has 24 heavy (non-hydrogen) atoms. The van der Waals surface area contributed by atoms with Crippen molar-refractivity contribution in [1.29, 1.82) is 0 Å². The van der Waals surface area contributed by atoms with Crippen LogP contribution < -0.4 is 4.90 Å². The summed E-state index contributed by atoms with van der Waals surface area (Å²) < 4.78 is 5.97. The summed E-state index contributed by atoms with van der Waals surface area (Å²) in [5, 5.41) is 2.35. The van der Waals surface area contributed by atoms with Crippen LogP contribution in [0, 0.1) is 20.8 Å². The van der Waals surface area contributed by atoms with Gasteiger partial charge in [-0.25, -0.2) is 0 Å². The van der Waals surface area contributed by atoms with E-state index in [4.69, 9.17) is 4.42 Å². The molecule has 0 aliphatic heterocycles. The Kier molecular flexibility index (Phi) is 3.34. The molecule has 0 saturated carbocycles. The van der Waals surface area contributed by atoms with E-state index in [1.165, 1.54) is 38.8 Å². The van der Waals surface area contributed by atoms with Gasteiger partial charge in [-0.05, 0) is 62.7 Å². The maximum absolute atomic E-state index is 5.97. The Labute approximate surface area is 142 Å². The van der Waals surface area contributed by atoms with E-state index in [1.54, 1.807) is 0 Å². The number of hydrogen-bond acceptors (Lipinski definition) is 2. The highest BCUT2D eigenvalue weighted by Crippen LogP contribution is 2.34. The van der Waals surface area contributed by atoms with Crippen molar-refractivity contribution < 1.29 is 4.42 Å². The number of furan rings is 1. The Hall–Kier alpha value is -2.74. The van der Waals surface area contributed by atoms with Gasteiger partial charge in [0.15, 0.2) is 0 Å². The molecular weight excluding hydrogens is 294 g/mol. The van der Waals surface area contributed by atoms with Crippen LogP contribution in [0.4, 0.5) is 11.4 Å². The van der Waals surface area contributed by atoms with Crippen LogP contribution >= 0.6 is 0 Å². The highest BCUT2D eigenvalue weighted by atomic mass is 16.3. The minimum Gasteiger partial charge on any atom is -0.456 e. The second-order valence-corrected chi connectivity index (χ2v) is 6.63. The number of aryl methyl sites for hydroxylation is 3. The van der Waals surface area contributed by atoms with Crippen LogP contribution in [0.25, 0.3) is 21.9 Å². The van der Waals surface area contributed by atoms with E-state index in [9.17, 15) is 0 Å². The van der Waals surface area contributed by atoms with Crippen LogP contribution in [0.5, 0.6) is 0 Å². The molecule has 120 valence electrons. The largest absolute Gasteiger partial charge is 0.456 e. The molecule has 0 saturated heterocycles. The van der Waals surface area contributed by atoms with Gasteiger partial charge in [0.05, 0.1) is 0 Å². The minimum absolute atomic E-state index is 0.938. The van der Waals surface area contributed by atoms with Gasteiger partial charge in [-0.2, -0.15) is 0 Å². The molecule has 0 unspecified atom stereocenters. The van der Waals surface area contributed by atoms with Crippen LogP contribution in [-0.2, 0) is 0 Å². The standard InChI is InChI=1S/C22H21NO/c1-14-5-8-20(16(3)11-14)23(4)17-7-10-22-19(13-17)18-12-15(2)6-9-21(18)24-22/h5-13H,1-4H3. The summed E-state index contributed by atoms with van der Waals surface area (Å²) in [6.07, 6.45) is 0. The predicted molar refractivity (Wildman–Crippen MR) is 102 cm³/mol. The van der Waals surface area contributed by atoms with Crippen LogP contribution in [-0.4, -0.2) is 7.05 Å². The van der Waals surface area contributed by atoms with Crippen LogP contribution in [0.1, 0.15) is 16.7 Å². The van der Waals surface area contributed by atoms with E-state index in [0.29, 0.717) is 0 Å². The third-order valence-corrected chi connectivity index (χ3v) is 4.71. The lowest BCUT2D eigenvalue weighted by molar-refractivity contribution is 0.669. The first-order valence-electron chi connectivity index (χ1n) is 8.27. The highest BCUT2D eigenvalue weighted by molar-refractivity contribution is 6.06. The number of nitrogens with zero attached hydrogens (tertiary/aromatic N) is 1. The normalized spacial score (nSPS) is 11.3. The van der Waals surface area contributed by atoms with E-state index in [0.717, 1.165) is 11.2 Å². The number of hydrogen-bond donors (Lipinski definition) is 0. The van der Waals surface area contributed by atoms with Gasteiger partial charge < -0.3 is 9.32 Å². The lowest BCUT2D eigenvalue weighted by atomic mass is 10.1. The summed E-state index contributed by atoms with van der Waals surface area (Å²) in [5.41, 5.74) is 8.10. The van der Waals surface area contributed by atoms with Crippen molar-refractivity contribution in [2.75, 3.05) is 11.9 Å². The number of benzene rings is 3. The third-order valence-electron chi connectivity index (χ3n) is 4.71. The summed E-state index contributed by atoms with van der Waals surface area (Å²) in [7, 11) is 2.12. The second kappa shape index (κ2) is 5.41. The maximum Gasteiger partial charge on any atom is 0.135 e. The highest BCUT2D eigenvalue weighted by Gasteiger charge is 2.12. The van der Waals surface area contributed by atoms with Gasteiger partial charge in [-0.1, -0.05) is 29.3 Å². The molecule has 0 radical (unpaired) electrons. The summed E-state index contributed by atoms with van der Waals surface area (Å²) in [6, 6.07) is 19.3. The smallest absolute Gasteiger partial charge is 0.135 e. The Morgan fingerprint density at radius 2 is 1.33 bits per heavy atom. The lowest BCUT2D eigenvalue weighted by Crippen LogP contribution is -2.10. The first-order valence-corrected chi connectivity index (χ1v) is 8.27. The molecule has 0 fully saturated rings. The molecule has 1 aromatic heterocycles. The first kappa shape index (κ1) is 14.8. The van der Waals surface area contributed by atoms with Crippen LogP contribution in [0.2, 0.25) is 0 Å². The number of rotatable bonds is 2. The molecule has 0 aliphatic carbocycles. The SMILES string of the molecule is Cc1ccc(N(C)c2ccc3oc4ccc(C)cc4c3c2)c(C)c1. The number of anilines is 2. The Balaban J connectivity index is 1.87. The third kappa shape index (κ3) is 2.35. The number of fused-ring (bicyclic) bond motifs is 3. The van der Waals surface area contributed by atoms with Crippen LogP contribution in [0.3, 0.4) is 0 Å². The lowest BCUT2D eigenvalue weighted by Gasteiger charge is -2.22. The first-order chi connectivity index (χ1) is 11.5. The summed E-state index contributed by atoms with van der Waals surface area (Å²) in [5.74, 6) is 0. The predicted octanol–water partition coefficient (Wildman–Crippen LogP) is 6.28. The van der Waals surface area contributed by atoms with E-state index in [-0.39, 0.29) is 0 Å². The van der Waals surface area contributed by atoms with Gasteiger partial charge in [0.1, 0.15) is 11.2 Å². The van der Waals surface area contributed by atoms with Crippen molar-refractivity contribution in [3.8, 4) is 0 Å². The monoisotopic (exact) mass is 315 g/mol. The molecule has 0 bridgehead atoms. The maximum atomic E-state index is 5.97. The summed E-state index contributed by atoms with van der Waals surface area (Å²) in [4.78, 5) is 2.24. The zero-order chi connectivity index (χ0) is 16.8. The fourth-order valence-electron chi connectivity index (χ4n) is 3.41. The molecule has 0 N–H and O–H groups in total. The molecule has 0 spiro atoms. The van der Waals surface area contributed by atoms with Crippen molar-refractivity contribution in [2.45, 2.75) is 20.8 Å². The summed E-state index contributed by atoms with van der Waals surface area (Å²) >= 11 is 0. The molecule has 0 aliphatic rings. The fraction of sp³-hybridized carbons (Fsp3) is 0.182. The van der Waals surface area contributed by atoms with Crippen molar-refractivity contribution in [3.63, 3.8) is 0 Å². The molecule has 4 rings (SSSR count). The van der Waals surface area contributed by atoms with Gasteiger partial charge in [0.2, 0.25) is 0 Å².